The van der Waals surface area contributed by atoms with Gasteiger partial charge in [-0.15, -0.1) is 11.3 Å². The van der Waals surface area contributed by atoms with E-state index in [1.54, 1.807) is 23.1 Å². The van der Waals surface area contributed by atoms with E-state index in [9.17, 15) is 0 Å². The van der Waals surface area contributed by atoms with E-state index < -0.39 is 0 Å². The summed E-state index contributed by atoms with van der Waals surface area (Å²) in [6, 6.07) is 4.17. The predicted octanol–water partition coefficient (Wildman–Crippen LogP) is 1.70. The van der Waals surface area contributed by atoms with Crippen LogP contribution in [0.1, 0.15) is 23.1 Å². The van der Waals surface area contributed by atoms with Crippen LogP contribution >= 0.6 is 11.3 Å². The Kier molecular flexibility index (Phi) is 5.83. The summed E-state index contributed by atoms with van der Waals surface area (Å²) in [6.07, 6.45) is 1.79. The zero-order chi connectivity index (χ0) is 15.9. The Hall–Kier alpha value is -2.02. The van der Waals surface area contributed by atoms with Crippen molar-refractivity contribution in [2.75, 3.05) is 13.7 Å². The largest absolute Gasteiger partial charge is 0.481 e. The number of methoxy groups -OCH3 is 1. The van der Waals surface area contributed by atoms with Crippen molar-refractivity contribution in [3.63, 3.8) is 0 Å². The van der Waals surface area contributed by atoms with Crippen LogP contribution in [0.15, 0.2) is 22.5 Å². The molecule has 6 nitrogen and oxygen atoms in total. The summed E-state index contributed by atoms with van der Waals surface area (Å²) in [5, 5.41) is 9.65. The molecule has 0 aliphatic rings. The highest BCUT2D eigenvalue weighted by Gasteiger charge is 2.15. The smallest absolute Gasteiger partial charge is 0.216 e. The average Bonchev–Trinajstić information content (AvgIpc) is 3.12. The third-order valence-electron chi connectivity index (χ3n) is 3.36. The van der Waals surface area contributed by atoms with Gasteiger partial charge in [0, 0.05) is 18.5 Å². The van der Waals surface area contributed by atoms with Crippen molar-refractivity contribution in [2.24, 2.45) is 17.8 Å². The van der Waals surface area contributed by atoms with Crippen LogP contribution in [-0.2, 0) is 26.4 Å². The summed E-state index contributed by atoms with van der Waals surface area (Å²) < 4.78 is 7.13. The molecule has 0 spiro atoms. The van der Waals surface area contributed by atoms with Crippen LogP contribution in [0, 0.1) is 0 Å². The van der Waals surface area contributed by atoms with Gasteiger partial charge in [-0.05, 0) is 24.3 Å². The molecule has 2 aromatic rings. The van der Waals surface area contributed by atoms with Crippen molar-refractivity contribution in [3.05, 3.63) is 33.6 Å². The zero-order valence-corrected chi connectivity index (χ0v) is 14.1. The molecule has 7 heteroatoms. The first-order valence-electron chi connectivity index (χ1n) is 7.30. The summed E-state index contributed by atoms with van der Waals surface area (Å²) in [5.41, 5.74) is 7.92. The molecule has 0 amide bonds. The maximum absolute atomic E-state index is 5.93. The molecule has 0 fully saturated rings. The van der Waals surface area contributed by atoms with E-state index in [0.29, 0.717) is 12.5 Å². The number of aliphatic imine (C=N–C) groups is 1. The molecule has 2 heterocycles. The molecule has 0 saturated heterocycles. The average molecular weight is 321 g/mol. The Morgan fingerprint density at radius 2 is 2.36 bits per heavy atom. The Balaban J connectivity index is 1.92. The molecular formula is C15H23N5OS. The third-order valence-corrected chi connectivity index (χ3v) is 4.30. The van der Waals surface area contributed by atoms with Gasteiger partial charge in [-0.2, -0.15) is 5.10 Å². The minimum absolute atomic E-state index is 0.449. The van der Waals surface area contributed by atoms with E-state index in [4.69, 9.17) is 10.5 Å². The Bertz CT molecular complexity index is 618. The fraction of sp³-hybridized carbons (Fsp3) is 0.467. The molecule has 0 saturated carbocycles. The number of rotatable bonds is 7. The number of guanidine groups is 1. The highest BCUT2D eigenvalue weighted by molar-refractivity contribution is 7.09. The predicted molar refractivity (Wildman–Crippen MR) is 90.5 cm³/mol. The van der Waals surface area contributed by atoms with Gasteiger partial charge in [0.15, 0.2) is 5.96 Å². The lowest BCUT2D eigenvalue weighted by molar-refractivity contribution is 0.369. The third kappa shape index (κ3) is 4.00. The molecule has 0 atom stereocenters. The summed E-state index contributed by atoms with van der Waals surface area (Å²) in [4.78, 5) is 5.73. The van der Waals surface area contributed by atoms with E-state index in [2.05, 4.69) is 39.8 Å². The second-order valence-corrected chi connectivity index (χ2v) is 5.90. The molecule has 3 N–H and O–H groups in total. The van der Waals surface area contributed by atoms with Crippen molar-refractivity contribution in [1.29, 1.82) is 0 Å². The molecule has 0 aliphatic carbocycles. The number of nitrogens with zero attached hydrogens (tertiary/aromatic N) is 3. The van der Waals surface area contributed by atoms with E-state index in [0.717, 1.165) is 36.5 Å². The minimum atomic E-state index is 0.449. The number of nitrogens with one attached hydrogen (secondary N) is 1. The van der Waals surface area contributed by atoms with E-state index in [1.165, 1.54) is 4.88 Å². The molecule has 2 rings (SSSR count). The summed E-state index contributed by atoms with van der Waals surface area (Å²) in [5.74, 6) is 1.19. The van der Waals surface area contributed by atoms with Gasteiger partial charge in [0.05, 0.1) is 24.9 Å². The summed E-state index contributed by atoms with van der Waals surface area (Å²) in [7, 11) is 3.51. The molecule has 120 valence electrons. The summed E-state index contributed by atoms with van der Waals surface area (Å²) in [6.45, 7) is 3.32. The van der Waals surface area contributed by atoms with Crippen LogP contribution in [0.4, 0.5) is 0 Å². The van der Waals surface area contributed by atoms with Crippen LogP contribution in [0.25, 0.3) is 0 Å². The Morgan fingerprint density at radius 1 is 1.55 bits per heavy atom. The summed E-state index contributed by atoms with van der Waals surface area (Å²) >= 11 is 1.75. The Labute approximate surface area is 135 Å². The second kappa shape index (κ2) is 7.84. The van der Waals surface area contributed by atoms with Gasteiger partial charge in [-0.3, -0.25) is 0 Å². The number of aromatic nitrogens is 2. The first kappa shape index (κ1) is 16.4. The number of hydrogen-bond acceptors (Lipinski definition) is 4. The fourth-order valence-electron chi connectivity index (χ4n) is 2.29. The fourth-order valence-corrected chi connectivity index (χ4v) is 3.00. The van der Waals surface area contributed by atoms with Crippen molar-refractivity contribution < 1.29 is 4.74 Å². The highest BCUT2D eigenvalue weighted by atomic mass is 32.1. The molecule has 0 aliphatic heterocycles. The van der Waals surface area contributed by atoms with Gasteiger partial charge in [-0.1, -0.05) is 13.0 Å². The maximum atomic E-state index is 5.93. The van der Waals surface area contributed by atoms with Crippen LogP contribution in [0.5, 0.6) is 5.88 Å². The van der Waals surface area contributed by atoms with Gasteiger partial charge in [0.1, 0.15) is 0 Å². The minimum Gasteiger partial charge on any atom is -0.481 e. The van der Waals surface area contributed by atoms with E-state index >= 15 is 0 Å². The molecule has 22 heavy (non-hydrogen) atoms. The number of hydrogen-bond donors (Lipinski definition) is 2. The monoisotopic (exact) mass is 321 g/mol. The van der Waals surface area contributed by atoms with Crippen LogP contribution < -0.4 is 15.8 Å². The molecule has 2 aromatic heterocycles. The molecule has 0 aromatic carbocycles. The number of ether oxygens (including phenoxy) is 1. The quantitative estimate of drug-likeness (QED) is 0.601. The highest BCUT2D eigenvalue weighted by Crippen LogP contribution is 2.22. The standard InChI is InChI=1S/C15H23N5OS/c1-4-13-12(14(21-3)20(2)19-13)10-18-15(16)17-8-7-11-6-5-9-22-11/h5-6,9H,4,7-8,10H2,1-3H3,(H3,16,17,18). The topological polar surface area (TPSA) is 77.5 Å². The van der Waals surface area contributed by atoms with Crippen LogP contribution in [0.2, 0.25) is 0 Å². The lowest BCUT2D eigenvalue weighted by Gasteiger charge is -2.06. The molecule has 0 bridgehead atoms. The lowest BCUT2D eigenvalue weighted by atomic mass is 10.2. The first-order chi connectivity index (χ1) is 10.7. The van der Waals surface area contributed by atoms with Crippen LogP contribution in [0.3, 0.4) is 0 Å². The van der Waals surface area contributed by atoms with E-state index in [1.807, 2.05) is 7.05 Å². The van der Waals surface area contributed by atoms with Gasteiger partial charge in [-0.25, -0.2) is 9.67 Å². The number of thiophene rings is 1. The van der Waals surface area contributed by atoms with Crippen molar-refractivity contribution in [3.8, 4) is 5.88 Å². The number of aryl methyl sites for hydroxylation is 2. The van der Waals surface area contributed by atoms with E-state index in [-0.39, 0.29) is 0 Å². The van der Waals surface area contributed by atoms with Crippen LogP contribution in [-0.4, -0.2) is 29.4 Å². The molecular weight excluding hydrogens is 298 g/mol. The SMILES string of the molecule is CCc1nn(C)c(OC)c1CN=C(N)NCCc1cccs1. The zero-order valence-electron chi connectivity index (χ0n) is 13.3. The van der Waals surface area contributed by atoms with Crippen molar-refractivity contribution in [1.82, 2.24) is 15.1 Å². The van der Waals surface area contributed by atoms with Crippen molar-refractivity contribution in [2.45, 2.75) is 26.3 Å². The maximum Gasteiger partial charge on any atom is 0.216 e. The van der Waals surface area contributed by atoms with Gasteiger partial charge < -0.3 is 15.8 Å². The Morgan fingerprint density at radius 3 is 3.00 bits per heavy atom. The second-order valence-electron chi connectivity index (χ2n) is 4.87. The normalized spacial score (nSPS) is 11.7. The van der Waals surface area contributed by atoms with Gasteiger partial charge in [0.25, 0.3) is 0 Å². The van der Waals surface area contributed by atoms with Gasteiger partial charge in [0.2, 0.25) is 5.88 Å². The van der Waals surface area contributed by atoms with Crippen molar-refractivity contribution >= 4 is 17.3 Å². The molecule has 0 unspecified atom stereocenters. The van der Waals surface area contributed by atoms with Gasteiger partial charge >= 0.3 is 0 Å². The lowest BCUT2D eigenvalue weighted by Crippen LogP contribution is -2.33. The molecule has 0 radical (unpaired) electrons. The first-order valence-corrected chi connectivity index (χ1v) is 8.18. The number of nitrogens with two attached hydrogens (primary N) is 1.